The molecule has 0 bridgehead atoms. The van der Waals surface area contributed by atoms with Gasteiger partial charge in [-0.05, 0) is 49.2 Å². The Morgan fingerprint density at radius 1 is 1.18 bits per heavy atom. The molecule has 0 radical (unpaired) electrons. The first-order chi connectivity index (χ1) is 13.6. The molecule has 1 aromatic heterocycles. The van der Waals surface area contributed by atoms with Crippen molar-refractivity contribution in [1.82, 2.24) is 20.3 Å². The summed E-state index contributed by atoms with van der Waals surface area (Å²) in [6.45, 7) is -0.139. The fraction of sp³-hybridized carbons (Fsp3) is 0.316. The van der Waals surface area contributed by atoms with E-state index in [1.54, 1.807) is 42.6 Å². The summed E-state index contributed by atoms with van der Waals surface area (Å²) in [5, 5.41) is 15.2. The van der Waals surface area contributed by atoms with Gasteiger partial charge < -0.3 is 10.6 Å². The number of anilines is 1. The number of benzene rings is 1. The molecule has 2 amide bonds. The highest BCUT2D eigenvalue weighted by Gasteiger charge is 2.17. The van der Waals surface area contributed by atoms with Gasteiger partial charge in [-0.25, -0.2) is 5.43 Å². The zero-order valence-corrected chi connectivity index (χ0v) is 16.1. The Morgan fingerprint density at radius 3 is 2.61 bits per heavy atom. The second-order valence-electron chi connectivity index (χ2n) is 6.47. The molecule has 1 aliphatic carbocycles. The Morgan fingerprint density at radius 2 is 1.93 bits per heavy atom. The normalized spacial score (nSPS) is 14.2. The maximum atomic E-state index is 12.0. The summed E-state index contributed by atoms with van der Waals surface area (Å²) in [5.74, 6) is -0.683. The summed E-state index contributed by atoms with van der Waals surface area (Å²) in [5.41, 5.74) is 4.06. The Kier molecular flexibility index (Phi) is 7.38. The molecule has 0 aliphatic heterocycles. The van der Waals surface area contributed by atoms with Crippen molar-refractivity contribution in [2.75, 3.05) is 11.9 Å². The first-order valence-electron chi connectivity index (χ1n) is 9.11. The lowest BCUT2D eigenvalue weighted by atomic mass is 10.2. The Balaban J connectivity index is 1.41. The molecule has 4 N–H and O–H groups in total. The van der Waals surface area contributed by atoms with Gasteiger partial charge in [0, 0.05) is 41.0 Å². The topological polar surface area (TPSA) is 107 Å². The molecule has 0 unspecified atom stereocenters. The van der Waals surface area contributed by atoms with Crippen molar-refractivity contribution in [3.8, 4) is 0 Å². The lowest BCUT2D eigenvalue weighted by molar-refractivity contribution is -0.115. The van der Waals surface area contributed by atoms with Gasteiger partial charge in [-0.3, -0.25) is 19.8 Å². The van der Waals surface area contributed by atoms with Crippen LogP contribution in [0, 0.1) is 0 Å². The van der Waals surface area contributed by atoms with Crippen molar-refractivity contribution >= 4 is 29.4 Å². The molecule has 3 rings (SSSR count). The van der Waals surface area contributed by atoms with Crippen LogP contribution >= 0.6 is 11.9 Å². The van der Waals surface area contributed by atoms with E-state index in [9.17, 15) is 14.8 Å². The lowest BCUT2D eigenvalue weighted by Crippen LogP contribution is -2.36. The molecule has 1 aliphatic rings. The van der Waals surface area contributed by atoms with Crippen LogP contribution in [0.4, 0.5) is 5.69 Å². The van der Waals surface area contributed by atoms with Crippen LogP contribution in [0.1, 0.15) is 36.0 Å². The third kappa shape index (κ3) is 6.31. The maximum absolute atomic E-state index is 12.0. The van der Waals surface area contributed by atoms with Crippen LogP contribution in [0.5, 0.6) is 0 Å². The van der Waals surface area contributed by atoms with Crippen LogP contribution in [-0.2, 0) is 4.79 Å². The van der Waals surface area contributed by atoms with Gasteiger partial charge in [0.05, 0.1) is 12.1 Å². The zero-order valence-electron chi connectivity index (χ0n) is 15.3. The minimum absolute atomic E-state index is 0.139. The molecule has 0 spiro atoms. The smallest absolute Gasteiger partial charge is 0.253 e. The number of nitrogens with zero attached hydrogens (tertiary/aromatic N) is 2. The molecule has 1 saturated carbocycles. The van der Waals surface area contributed by atoms with Crippen molar-refractivity contribution in [3.63, 3.8) is 0 Å². The number of nitrogens with one attached hydrogen (secondary N) is 3. The van der Waals surface area contributed by atoms with Crippen LogP contribution < -0.4 is 16.1 Å². The van der Waals surface area contributed by atoms with Crippen LogP contribution in [-0.4, -0.2) is 39.2 Å². The highest BCUT2D eigenvalue weighted by atomic mass is 32.2. The number of carbonyl (C=O) groups excluding carboxylic acids is 2. The van der Waals surface area contributed by atoms with E-state index >= 15 is 0 Å². The van der Waals surface area contributed by atoms with Gasteiger partial charge in [0.2, 0.25) is 5.91 Å². The average Bonchev–Trinajstić information content (AvgIpc) is 3.21. The number of pyridine rings is 1. The summed E-state index contributed by atoms with van der Waals surface area (Å²) in [4.78, 5) is 28.6. The number of amides is 2. The molecule has 148 valence electrons. The average molecular weight is 401 g/mol. The van der Waals surface area contributed by atoms with E-state index in [0.717, 1.165) is 22.3 Å². The van der Waals surface area contributed by atoms with Crippen LogP contribution in [0.3, 0.4) is 0 Å². The van der Waals surface area contributed by atoms with E-state index in [1.807, 2.05) is 0 Å². The largest absolute Gasteiger partial charge is 0.343 e. The molecule has 0 atom stereocenters. The van der Waals surface area contributed by atoms with Crippen LogP contribution in [0.25, 0.3) is 0 Å². The lowest BCUT2D eigenvalue weighted by Gasteiger charge is -2.19. The van der Waals surface area contributed by atoms with E-state index in [1.165, 1.54) is 31.0 Å². The van der Waals surface area contributed by atoms with E-state index in [4.69, 9.17) is 0 Å². The highest BCUT2D eigenvalue weighted by molar-refractivity contribution is 7.96. The standard InChI is InChI=1S/C19H23N5O3S/c25-18(13-21-19(26)14-4-3-11-20-12-14)22-15-7-9-17(10-8-15)28-24(27)23-16-5-1-2-6-16/h3-4,7-12,16,23,27H,1-2,5-6,13H2,(H,21,26)(H,22,25). The van der Waals surface area contributed by atoms with E-state index in [0.29, 0.717) is 17.3 Å². The highest BCUT2D eigenvalue weighted by Crippen LogP contribution is 2.24. The van der Waals surface area contributed by atoms with Crippen molar-refractivity contribution < 1.29 is 14.8 Å². The third-order valence-electron chi connectivity index (χ3n) is 4.31. The number of hydrazine groups is 1. The first kappa shape index (κ1) is 20.3. The van der Waals surface area contributed by atoms with Gasteiger partial charge in [-0.1, -0.05) is 17.4 Å². The molecule has 1 fully saturated rings. The summed E-state index contributed by atoms with van der Waals surface area (Å²) < 4.78 is 1.04. The fourth-order valence-electron chi connectivity index (χ4n) is 2.90. The Hall–Kier alpha value is -2.46. The van der Waals surface area contributed by atoms with Gasteiger partial charge in [0.15, 0.2) is 0 Å². The third-order valence-corrected chi connectivity index (χ3v) is 5.07. The van der Waals surface area contributed by atoms with Crippen molar-refractivity contribution in [2.45, 2.75) is 36.6 Å². The molecule has 1 aromatic carbocycles. The predicted octanol–water partition coefficient (Wildman–Crippen LogP) is 2.60. The monoisotopic (exact) mass is 401 g/mol. The number of aromatic nitrogens is 1. The van der Waals surface area contributed by atoms with Gasteiger partial charge in [0.1, 0.15) is 0 Å². The van der Waals surface area contributed by atoms with E-state index in [2.05, 4.69) is 21.0 Å². The molecule has 28 heavy (non-hydrogen) atoms. The molecule has 2 aromatic rings. The van der Waals surface area contributed by atoms with Gasteiger partial charge in [-0.2, -0.15) is 0 Å². The minimum Gasteiger partial charge on any atom is -0.343 e. The zero-order chi connectivity index (χ0) is 19.8. The number of rotatable bonds is 8. The van der Waals surface area contributed by atoms with E-state index < -0.39 is 0 Å². The molecule has 0 saturated heterocycles. The predicted molar refractivity (Wildman–Crippen MR) is 107 cm³/mol. The fourth-order valence-corrected chi connectivity index (χ4v) is 3.56. The van der Waals surface area contributed by atoms with E-state index in [-0.39, 0.29) is 18.4 Å². The summed E-state index contributed by atoms with van der Waals surface area (Å²) in [6.07, 6.45) is 7.53. The van der Waals surface area contributed by atoms with Gasteiger partial charge >= 0.3 is 0 Å². The van der Waals surface area contributed by atoms with Crippen LogP contribution in [0.2, 0.25) is 0 Å². The Labute approximate surface area is 167 Å². The number of carbonyl (C=O) groups is 2. The van der Waals surface area contributed by atoms with Crippen molar-refractivity contribution in [1.29, 1.82) is 0 Å². The number of hydrogen-bond acceptors (Lipinski definition) is 7. The summed E-state index contributed by atoms with van der Waals surface area (Å²) in [7, 11) is 0. The summed E-state index contributed by atoms with van der Waals surface area (Å²) >= 11 is 1.17. The SMILES string of the molecule is O=C(CNC(=O)c1cccnc1)Nc1ccc(SN(O)NC2CCCC2)cc1. The first-order valence-corrected chi connectivity index (χ1v) is 9.89. The second kappa shape index (κ2) is 10.2. The molecule has 9 heteroatoms. The number of hydrogen-bond donors (Lipinski definition) is 4. The van der Waals surface area contributed by atoms with Crippen LogP contribution in [0.15, 0.2) is 53.7 Å². The minimum atomic E-state index is -0.354. The molecular formula is C19H23N5O3S. The molecule has 1 heterocycles. The second-order valence-corrected chi connectivity index (χ2v) is 7.47. The molecule has 8 nitrogen and oxygen atoms in total. The molecular weight excluding hydrogens is 378 g/mol. The van der Waals surface area contributed by atoms with Crippen molar-refractivity contribution in [3.05, 3.63) is 54.4 Å². The summed E-state index contributed by atoms with van der Waals surface area (Å²) in [6, 6.07) is 10.7. The Bertz CT molecular complexity index is 782. The van der Waals surface area contributed by atoms with Gasteiger partial charge in [0.25, 0.3) is 5.91 Å². The van der Waals surface area contributed by atoms with Gasteiger partial charge in [-0.15, -0.1) is 0 Å². The van der Waals surface area contributed by atoms with Crippen molar-refractivity contribution in [2.24, 2.45) is 0 Å². The maximum Gasteiger partial charge on any atom is 0.253 e. The quantitative estimate of drug-likeness (QED) is 0.398.